The molecule has 1 heterocycles. The summed E-state index contributed by atoms with van der Waals surface area (Å²) in [6.07, 6.45) is 1.09. The van der Waals surface area contributed by atoms with Crippen LogP contribution in [0, 0.1) is 12.8 Å². The third kappa shape index (κ3) is 3.51. The van der Waals surface area contributed by atoms with Gasteiger partial charge in [0.25, 0.3) is 0 Å². The van der Waals surface area contributed by atoms with Gasteiger partial charge in [-0.05, 0) is 64.3 Å². The molecule has 1 heteroatoms. The maximum atomic E-state index is 2.45. The molecule has 0 aliphatic carbocycles. The number of aromatic nitrogens is 1. The molecule has 0 N–H and O–H groups in total. The van der Waals surface area contributed by atoms with Crippen molar-refractivity contribution in [3.8, 4) is 11.3 Å². The average molecular weight is 397 g/mol. The van der Waals surface area contributed by atoms with Gasteiger partial charge in [-0.15, -0.1) is 0 Å². The zero-order valence-electron chi connectivity index (χ0n) is 19.5. The second-order valence-electron chi connectivity index (χ2n) is 10.1. The Kier molecular flexibility index (Phi) is 5.18. The van der Waals surface area contributed by atoms with Gasteiger partial charge in [0.05, 0.1) is 0 Å². The Hall–Kier alpha value is -2.67. The quantitative estimate of drug-likeness (QED) is 0.320. The van der Waals surface area contributed by atoms with Crippen LogP contribution in [0.1, 0.15) is 51.3 Å². The Labute approximate surface area is 181 Å². The molecule has 0 unspecified atom stereocenters. The van der Waals surface area contributed by atoms with Crippen molar-refractivity contribution in [1.29, 1.82) is 0 Å². The van der Waals surface area contributed by atoms with E-state index in [0.29, 0.717) is 5.92 Å². The van der Waals surface area contributed by atoms with Crippen LogP contribution in [0.15, 0.2) is 60.7 Å². The fraction of sp³-hybridized carbons (Fsp3) is 0.345. The molecular formula is C29H34N+. The monoisotopic (exact) mass is 396 g/mol. The average Bonchev–Trinajstić information content (AvgIpc) is 2.70. The van der Waals surface area contributed by atoms with Gasteiger partial charge in [-0.3, -0.25) is 0 Å². The highest BCUT2D eigenvalue weighted by atomic mass is 14.9. The number of pyridine rings is 1. The number of fused-ring (bicyclic) bond motifs is 2. The van der Waals surface area contributed by atoms with Crippen molar-refractivity contribution < 1.29 is 4.57 Å². The van der Waals surface area contributed by atoms with Crippen LogP contribution in [0.2, 0.25) is 0 Å². The van der Waals surface area contributed by atoms with E-state index in [1.807, 2.05) is 0 Å². The summed E-state index contributed by atoms with van der Waals surface area (Å²) in [6.45, 7) is 13.8. The van der Waals surface area contributed by atoms with Crippen molar-refractivity contribution in [2.75, 3.05) is 0 Å². The van der Waals surface area contributed by atoms with Crippen molar-refractivity contribution in [3.63, 3.8) is 0 Å². The van der Waals surface area contributed by atoms with Gasteiger partial charge in [-0.25, -0.2) is 0 Å². The van der Waals surface area contributed by atoms with Crippen molar-refractivity contribution in [2.24, 2.45) is 13.0 Å². The van der Waals surface area contributed by atoms with Crippen LogP contribution in [0.4, 0.5) is 0 Å². The first-order valence-corrected chi connectivity index (χ1v) is 11.1. The first-order chi connectivity index (χ1) is 14.2. The van der Waals surface area contributed by atoms with Crippen LogP contribution in [0.5, 0.6) is 0 Å². The van der Waals surface area contributed by atoms with Crippen LogP contribution < -0.4 is 4.57 Å². The van der Waals surface area contributed by atoms with Gasteiger partial charge in [-0.2, -0.15) is 4.57 Å². The summed E-state index contributed by atoms with van der Waals surface area (Å²) in [5.41, 5.74) is 8.25. The third-order valence-electron chi connectivity index (χ3n) is 6.31. The Morgan fingerprint density at radius 1 is 0.833 bits per heavy atom. The second-order valence-corrected chi connectivity index (χ2v) is 10.1. The van der Waals surface area contributed by atoms with Crippen molar-refractivity contribution >= 4 is 21.7 Å². The molecule has 3 aromatic carbocycles. The van der Waals surface area contributed by atoms with Crippen LogP contribution in [0.3, 0.4) is 0 Å². The molecule has 0 bridgehead atoms. The molecule has 0 saturated carbocycles. The van der Waals surface area contributed by atoms with Gasteiger partial charge in [0.2, 0.25) is 11.2 Å². The van der Waals surface area contributed by atoms with Crippen LogP contribution in [-0.4, -0.2) is 0 Å². The summed E-state index contributed by atoms with van der Waals surface area (Å²) in [6, 6.07) is 22.6. The first-order valence-electron chi connectivity index (χ1n) is 11.1. The second kappa shape index (κ2) is 7.54. The standard InChI is InChI=1S/C29H34N/c1-19(2)16-21-17-28(30(7)27-15-11-10-13-23(21)27)25-18-26(29(4,5)6)24-14-9-8-12-22(24)20(25)3/h8-15,17-19H,16H2,1-7H3/q+1. The maximum Gasteiger partial charge on any atom is 0.213 e. The zero-order valence-corrected chi connectivity index (χ0v) is 19.5. The highest BCUT2D eigenvalue weighted by molar-refractivity contribution is 5.94. The zero-order chi connectivity index (χ0) is 21.6. The van der Waals surface area contributed by atoms with Gasteiger partial charge >= 0.3 is 0 Å². The lowest BCUT2D eigenvalue weighted by atomic mass is 9.80. The smallest absolute Gasteiger partial charge is 0.194 e. The molecular weight excluding hydrogens is 362 g/mol. The minimum Gasteiger partial charge on any atom is -0.194 e. The lowest BCUT2D eigenvalue weighted by molar-refractivity contribution is -0.633. The van der Waals surface area contributed by atoms with Crippen molar-refractivity contribution in [1.82, 2.24) is 0 Å². The van der Waals surface area contributed by atoms with E-state index < -0.39 is 0 Å². The van der Waals surface area contributed by atoms with Crippen molar-refractivity contribution in [2.45, 2.75) is 53.4 Å². The highest BCUT2D eigenvalue weighted by Crippen LogP contribution is 2.37. The molecule has 0 fully saturated rings. The number of hydrogen-bond donors (Lipinski definition) is 0. The fourth-order valence-corrected chi connectivity index (χ4v) is 4.78. The van der Waals surface area contributed by atoms with E-state index in [2.05, 4.69) is 114 Å². The molecule has 4 rings (SSSR count). The summed E-state index contributed by atoms with van der Waals surface area (Å²) >= 11 is 0. The Morgan fingerprint density at radius 3 is 2.07 bits per heavy atom. The Bertz CT molecular complexity index is 1240. The molecule has 0 atom stereocenters. The summed E-state index contributed by atoms with van der Waals surface area (Å²) in [4.78, 5) is 0. The molecule has 1 nitrogen and oxygen atoms in total. The minimum absolute atomic E-state index is 0.0816. The lowest BCUT2D eigenvalue weighted by Gasteiger charge is -2.24. The number of benzene rings is 3. The van der Waals surface area contributed by atoms with E-state index in [1.54, 1.807) is 0 Å². The normalized spacial score (nSPS) is 12.3. The van der Waals surface area contributed by atoms with E-state index in [0.717, 1.165) is 6.42 Å². The van der Waals surface area contributed by atoms with Gasteiger partial charge in [0.15, 0.2) is 0 Å². The Balaban J connectivity index is 2.10. The predicted molar refractivity (Wildman–Crippen MR) is 130 cm³/mol. The molecule has 0 amide bonds. The molecule has 0 spiro atoms. The number of para-hydroxylation sites is 1. The van der Waals surface area contributed by atoms with Gasteiger partial charge in [-0.1, -0.05) is 71.0 Å². The van der Waals surface area contributed by atoms with Crippen LogP contribution in [-0.2, 0) is 18.9 Å². The lowest BCUT2D eigenvalue weighted by Crippen LogP contribution is -2.33. The van der Waals surface area contributed by atoms with E-state index in [4.69, 9.17) is 0 Å². The van der Waals surface area contributed by atoms with E-state index in [9.17, 15) is 0 Å². The first kappa shape index (κ1) is 20.6. The molecule has 0 aliphatic rings. The number of hydrogen-bond acceptors (Lipinski definition) is 0. The van der Waals surface area contributed by atoms with Gasteiger partial charge < -0.3 is 0 Å². The summed E-state index contributed by atoms with van der Waals surface area (Å²) in [7, 11) is 2.21. The summed E-state index contributed by atoms with van der Waals surface area (Å²) < 4.78 is 2.38. The van der Waals surface area contributed by atoms with E-state index >= 15 is 0 Å². The number of rotatable bonds is 3. The molecule has 30 heavy (non-hydrogen) atoms. The summed E-state index contributed by atoms with van der Waals surface area (Å²) in [5.74, 6) is 0.622. The Morgan fingerprint density at radius 2 is 1.43 bits per heavy atom. The molecule has 0 saturated heterocycles. The predicted octanol–water partition coefficient (Wildman–Crippen LogP) is 7.29. The highest BCUT2D eigenvalue weighted by Gasteiger charge is 2.25. The molecule has 154 valence electrons. The largest absolute Gasteiger partial charge is 0.213 e. The number of nitrogens with zero attached hydrogens (tertiary/aromatic N) is 1. The maximum absolute atomic E-state index is 2.45. The molecule has 4 aromatic rings. The van der Waals surface area contributed by atoms with Gasteiger partial charge in [0.1, 0.15) is 7.05 Å². The molecule has 0 aliphatic heterocycles. The third-order valence-corrected chi connectivity index (χ3v) is 6.31. The number of aryl methyl sites for hydroxylation is 2. The SMILES string of the molecule is Cc1c(-c2cc(CC(C)C)c3ccccc3[n+]2C)cc(C(C)(C)C)c2ccccc12. The van der Waals surface area contributed by atoms with E-state index in [1.165, 1.54) is 49.6 Å². The van der Waals surface area contributed by atoms with Crippen LogP contribution >= 0.6 is 0 Å². The molecule has 0 radical (unpaired) electrons. The fourth-order valence-electron chi connectivity index (χ4n) is 4.78. The van der Waals surface area contributed by atoms with Crippen LogP contribution in [0.25, 0.3) is 32.9 Å². The topological polar surface area (TPSA) is 3.88 Å². The molecule has 1 aromatic heterocycles. The van der Waals surface area contributed by atoms with Gasteiger partial charge in [0, 0.05) is 23.1 Å². The summed E-state index contributed by atoms with van der Waals surface area (Å²) in [5, 5.41) is 4.10. The van der Waals surface area contributed by atoms with Crippen molar-refractivity contribution in [3.05, 3.63) is 77.4 Å². The minimum atomic E-state index is 0.0816. The van der Waals surface area contributed by atoms with E-state index in [-0.39, 0.29) is 5.41 Å².